The second-order valence-corrected chi connectivity index (χ2v) is 9.59. The van der Waals surface area contributed by atoms with Crippen LogP contribution in [0.25, 0.3) is 33.4 Å². The number of carbonyl (C=O) groups excluding carboxylic acids is 1. The molecular formula is C28H27F3N6O2. The average molecular weight is 537 g/mol. The van der Waals surface area contributed by atoms with E-state index in [1.54, 1.807) is 18.3 Å². The van der Waals surface area contributed by atoms with Crippen molar-refractivity contribution in [1.29, 1.82) is 0 Å². The van der Waals surface area contributed by atoms with Crippen LogP contribution in [0, 0.1) is 0 Å². The van der Waals surface area contributed by atoms with Crippen LogP contribution >= 0.6 is 0 Å². The number of esters is 1. The minimum atomic E-state index is -5.13. The smallest absolute Gasteiger partial charge is 0.436 e. The molecule has 202 valence electrons. The van der Waals surface area contributed by atoms with Crippen LogP contribution in [0.1, 0.15) is 25.6 Å². The number of anilines is 1. The molecule has 3 unspecified atom stereocenters. The average Bonchev–Trinajstić information content (AvgIpc) is 2.93. The van der Waals surface area contributed by atoms with Crippen LogP contribution in [-0.2, 0) is 9.53 Å². The van der Waals surface area contributed by atoms with Crippen LogP contribution in [0.3, 0.4) is 0 Å². The number of alkyl halides is 3. The van der Waals surface area contributed by atoms with Gasteiger partial charge >= 0.3 is 12.1 Å². The van der Waals surface area contributed by atoms with E-state index in [0.29, 0.717) is 28.9 Å². The van der Waals surface area contributed by atoms with E-state index >= 15 is 0 Å². The quantitative estimate of drug-likeness (QED) is 0.282. The third-order valence-corrected chi connectivity index (χ3v) is 6.64. The van der Waals surface area contributed by atoms with Crippen molar-refractivity contribution in [2.75, 3.05) is 18.0 Å². The standard InChI is InChI=1S/C28H27F3N6O2/c1-16-15-37(17(2)13-33-16)27-34-14-21-12-22(18-6-4-3-5-7-18)23(35-25(21)36-27)19-8-10-20(11-9-19)24(32)39-26(38)28(29,30)31/h3-12,14,16-17,24,33H,13,15,32H2,1-2H3. The number of nitrogens with two attached hydrogens (primary N) is 1. The highest BCUT2D eigenvalue weighted by molar-refractivity contribution is 5.90. The number of hydrogen-bond acceptors (Lipinski definition) is 8. The van der Waals surface area contributed by atoms with Gasteiger partial charge in [-0.3, -0.25) is 5.73 Å². The molecule has 3 heterocycles. The van der Waals surface area contributed by atoms with Gasteiger partial charge in [0.25, 0.3) is 0 Å². The molecule has 0 spiro atoms. The maximum atomic E-state index is 12.6. The zero-order valence-corrected chi connectivity index (χ0v) is 21.3. The predicted molar refractivity (Wildman–Crippen MR) is 142 cm³/mol. The number of pyridine rings is 1. The summed E-state index contributed by atoms with van der Waals surface area (Å²) in [7, 11) is 0. The van der Waals surface area contributed by atoms with Gasteiger partial charge in [-0.05, 0) is 25.5 Å². The number of halogens is 3. The number of hydrogen-bond donors (Lipinski definition) is 2. The van der Waals surface area contributed by atoms with Crippen molar-refractivity contribution in [3.63, 3.8) is 0 Å². The fourth-order valence-electron chi connectivity index (χ4n) is 4.53. The first-order valence-corrected chi connectivity index (χ1v) is 12.5. The van der Waals surface area contributed by atoms with Crippen LogP contribution in [0.5, 0.6) is 0 Å². The number of piperazine rings is 1. The Kier molecular flexibility index (Phi) is 7.19. The van der Waals surface area contributed by atoms with Gasteiger partial charge < -0.3 is 15.0 Å². The Bertz CT molecular complexity index is 1480. The van der Waals surface area contributed by atoms with Crippen LogP contribution in [0.2, 0.25) is 0 Å². The molecule has 0 aliphatic carbocycles. The van der Waals surface area contributed by atoms with Gasteiger partial charge in [0.1, 0.15) is 0 Å². The molecule has 1 aliphatic rings. The van der Waals surface area contributed by atoms with E-state index in [1.807, 2.05) is 36.4 Å². The predicted octanol–water partition coefficient (Wildman–Crippen LogP) is 4.61. The van der Waals surface area contributed by atoms with Crippen molar-refractivity contribution in [3.8, 4) is 22.4 Å². The van der Waals surface area contributed by atoms with Crippen molar-refractivity contribution in [2.45, 2.75) is 38.3 Å². The lowest BCUT2D eigenvalue weighted by molar-refractivity contribution is -0.205. The molecule has 11 heteroatoms. The lowest BCUT2D eigenvalue weighted by Gasteiger charge is -2.37. The van der Waals surface area contributed by atoms with Crippen molar-refractivity contribution < 1.29 is 22.7 Å². The van der Waals surface area contributed by atoms with Gasteiger partial charge in [-0.25, -0.2) is 14.8 Å². The van der Waals surface area contributed by atoms with Crippen molar-refractivity contribution in [1.82, 2.24) is 20.3 Å². The van der Waals surface area contributed by atoms with Gasteiger partial charge in [-0.15, -0.1) is 0 Å². The van der Waals surface area contributed by atoms with E-state index in [-0.39, 0.29) is 11.6 Å². The Balaban J connectivity index is 1.54. The van der Waals surface area contributed by atoms with E-state index < -0.39 is 18.4 Å². The molecule has 39 heavy (non-hydrogen) atoms. The summed E-state index contributed by atoms with van der Waals surface area (Å²) in [6.07, 6.45) is -4.92. The van der Waals surface area contributed by atoms with Gasteiger partial charge in [0.15, 0.2) is 11.9 Å². The zero-order chi connectivity index (χ0) is 27.7. The SMILES string of the molecule is CC1CN(c2ncc3cc(-c4ccccc4)c(-c4ccc(C(N)OC(=O)C(F)(F)F)cc4)nc3n2)C(C)CN1. The Labute approximate surface area is 223 Å². The number of nitrogens with zero attached hydrogens (tertiary/aromatic N) is 4. The summed E-state index contributed by atoms with van der Waals surface area (Å²) in [5.41, 5.74) is 9.52. The summed E-state index contributed by atoms with van der Waals surface area (Å²) in [6, 6.07) is 18.6. The first-order chi connectivity index (χ1) is 18.6. The number of rotatable bonds is 5. The Morgan fingerprint density at radius 2 is 1.79 bits per heavy atom. The van der Waals surface area contributed by atoms with Crippen LogP contribution in [0.15, 0.2) is 66.9 Å². The number of benzene rings is 2. The molecule has 0 saturated carbocycles. The summed E-state index contributed by atoms with van der Waals surface area (Å²) < 4.78 is 42.1. The molecular weight excluding hydrogens is 509 g/mol. The minimum Gasteiger partial charge on any atom is -0.436 e. The Morgan fingerprint density at radius 3 is 2.49 bits per heavy atom. The van der Waals surface area contributed by atoms with Gasteiger partial charge in [-0.1, -0.05) is 54.6 Å². The Hall–Kier alpha value is -4.09. The van der Waals surface area contributed by atoms with Crippen molar-refractivity contribution >= 4 is 23.0 Å². The lowest BCUT2D eigenvalue weighted by Crippen LogP contribution is -2.55. The fraction of sp³-hybridized carbons (Fsp3) is 0.286. The molecule has 2 aromatic heterocycles. The van der Waals surface area contributed by atoms with E-state index in [9.17, 15) is 18.0 Å². The molecule has 3 N–H and O–H groups in total. The highest BCUT2D eigenvalue weighted by Crippen LogP contribution is 2.34. The van der Waals surface area contributed by atoms with E-state index in [1.165, 1.54) is 12.1 Å². The zero-order valence-electron chi connectivity index (χ0n) is 21.3. The lowest BCUT2D eigenvalue weighted by atomic mass is 9.97. The molecule has 3 atom stereocenters. The number of nitrogens with one attached hydrogen (secondary N) is 1. The molecule has 4 aromatic rings. The van der Waals surface area contributed by atoms with Gasteiger partial charge in [0, 0.05) is 53.4 Å². The second-order valence-electron chi connectivity index (χ2n) is 9.59. The summed E-state index contributed by atoms with van der Waals surface area (Å²) in [6.45, 7) is 5.81. The highest BCUT2D eigenvalue weighted by Gasteiger charge is 2.42. The number of aromatic nitrogens is 3. The number of fused-ring (bicyclic) bond motifs is 1. The van der Waals surface area contributed by atoms with Crippen LogP contribution in [0.4, 0.5) is 19.1 Å². The first-order valence-electron chi connectivity index (χ1n) is 12.5. The van der Waals surface area contributed by atoms with Gasteiger partial charge in [0.2, 0.25) is 5.95 Å². The maximum absolute atomic E-state index is 12.6. The maximum Gasteiger partial charge on any atom is 0.490 e. The fourth-order valence-corrected chi connectivity index (χ4v) is 4.53. The molecule has 2 aromatic carbocycles. The monoisotopic (exact) mass is 536 g/mol. The molecule has 5 rings (SSSR count). The molecule has 1 fully saturated rings. The summed E-state index contributed by atoms with van der Waals surface area (Å²) >= 11 is 0. The van der Waals surface area contributed by atoms with Crippen molar-refractivity contribution in [2.24, 2.45) is 5.73 Å². The van der Waals surface area contributed by atoms with E-state index in [4.69, 9.17) is 15.7 Å². The van der Waals surface area contributed by atoms with Crippen LogP contribution < -0.4 is 16.0 Å². The third kappa shape index (κ3) is 5.69. The van der Waals surface area contributed by atoms with Gasteiger partial charge in [-0.2, -0.15) is 18.2 Å². The third-order valence-electron chi connectivity index (χ3n) is 6.64. The van der Waals surface area contributed by atoms with E-state index in [2.05, 4.69) is 33.8 Å². The summed E-state index contributed by atoms with van der Waals surface area (Å²) in [4.78, 5) is 27.7. The van der Waals surface area contributed by atoms with Gasteiger partial charge in [0.05, 0.1) is 5.69 Å². The first kappa shape index (κ1) is 26.5. The molecule has 0 bridgehead atoms. The molecule has 1 saturated heterocycles. The Morgan fingerprint density at radius 1 is 1.08 bits per heavy atom. The number of carbonyl (C=O) groups is 1. The molecule has 0 radical (unpaired) electrons. The molecule has 0 amide bonds. The van der Waals surface area contributed by atoms with E-state index in [0.717, 1.165) is 29.6 Å². The minimum absolute atomic E-state index is 0.213. The molecule has 8 nitrogen and oxygen atoms in total. The number of ether oxygens (including phenoxy) is 1. The summed E-state index contributed by atoms with van der Waals surface area (Å²) in [5.74, 6) is -1.74. The largest absolute Gasteiger partial charge is 0.490 e. The highest BCUT2D eigenvalue weighted by atomic mass is 19.4. The van der Waals surface area contributed by atoms with Crippen LogP contribution in [-0.4, -0.2) is 52.3 Å². The van der Waals surface area contributed by atoms with Crippen molar-refractivity contribution in [3.05, 3.63) is 72.4 Å². The normalized spacial score (nSPS) is 18.7. The second kappa shape index (κ2) is 10.6. The summed E-state index contributed by atoms with van der Waals surface area (Å²) in [5, 5.41) is 4.22. The molecule has 1 aliphatic heterocycles. The topological polar surface area (TPSA) is 106 Å².